The molecule has 0 aliphatic rings. The van der Waals surface area contributed by atoms with Crippen molar-refractivity contribution >= 4 is 33.2 Å². The lowest BCUT2D eigenvalue weighted by Gasteiger charge is -2.12. The Balaban J connectivity index is 2.62. The lowest BCUT2D eigenvalue weighted by Crippen LogP contribution is -2.18. The molecule has 0 saturated carbocycles. The fourth-order valence-electron chi connectivity index (χ4n) is 1.01. The third-order valence-corrected chi connectivity index (χ3v) is 2.75. The molecular formula is C10H13BrClNO. The molecule has 0 saturated heterocycles. The lowest BCUT2D eigenvalue weighted by atomic mass is 10.2. The molecule has 1 atom stereocenters. The highest BCUT2D eigenvalue weighted by molar-refractivity contribution is 9.10. The van der Waals surface area contributed by atoms with Gasteiger partial charge < -0.3 is 10.4 Å². The molecule has 1 aromatic carbocycles. The van der Waals surface area contributed by atoms with Crippen LogP contribution >= 0.6 is 27.5 Å². The van der Waals surface area contributed by atoms with Gasteiger partial charge >= 0.3 is 0 Å². The van der Waals surface area contributed by atoms with Gasteiger partial charge in [-0.15, -0.1) is 0 Å². The summed E-state index contributed by atoms with van der Waals surface area (Å²) < 4.78 is 0.968. The first-order valence-electron chi connectivity index (χ1n) is 4.50. The summed E-state index contributed by atoms with van der Waals surface area (Å²) in [5, 5.41) is 13.1. The van der Waals surface area contributed by atoms with E-state index in [1.807, 2.05) is 25.1 Å². The van der Waals surface area contributed by atoms with Crippen molar-refractivity contribution in [2.24, 2.45) is 0 Å². The van der Waals surface area contributed by atoms with E-state index in [0.29, 0.717) is 11.6 Å². The van der Waals surface area contributed by atoms with Gasteiger partial charge in [0.05, 0.1) is 16.8 Å². The normalized spacial score (nSPS) is 12.6. The Morgan fingerprint density at radius 3 is 2.93 bits per heavy atom. The predicted octanol–water partition coefficient (Wildman–Crippen LogP) is 3.29. The molecule has 2 N–H and O–H groups in total. The van der Waals surface area contributed by atoms with Gasteiger partial charge in [0.25, 0.3) is 0 Å². The number of halogens is 2. The topological polar surface area (TPSA) is 32.3 Å². The summed E-state index contributed by atoms with van der Waals surface area (Å²) in [5.41, 5.74) is 0.841. The standard InChI is InChI=1S/C10H13BrClNO/c1-2-8(14)6-13-10-5-7(11)3-4-9(10)12/h3-5,8,13-14H,2,6H2,1H3. The van der Waals surface area contributed by atoms with Crippen LogP contribution in [0.5, 0.6) is 0 Å². The molecule has 1 rings (SSSR count). The molecule has 0 bridgehead atoms. The van der Waals surface area contributed by atoms with Gasteiger partial charge in [0.1, 0.15) is 0 Å². The second-order valence-electron chi connectivity index (χ2n) is 3.07. The first-order chi connectivity index (χ1) is 6.63. The smallest absolute Gasteiger partial charge is 0.0709 e. The molecule has 0 radical (unpaired) electrons. The van der Waals surface area contributed by atoms with E-state index in [1.54, 1.807) is 0 Å². The SMILES string of the molecule is CCC(O)CNc1cc(Br)ccc1Cl. The van der Waals surface area contributed by atoms with Crippen LogP contribution in [-0.4, -0.2) is 17.8 Å². The van der Waals surface area contributed by atoms with Crippen LogP contribution in [0, 0.1) is 0 Å². The molecule has 1 aromatic rings. The predicted molar refractivity (Wildman–Crippen MR) is 63.9 cm³/mol. The summed E-state index contributed by atoms with van der Waals surface area (Å²) in [4.78, 5) is 0. The summed E-state index contributed by atoms with van der Waals surface area (Å²) in [6.45, 7) is 2.46. The van der Waals surface area contributed by atoms with Crippen molar-refractivity contribution < 1.29 is 5.11 Å². The van der Waals surface area contributed by atoms with Crippen LogP contribution in [0.3, 0.4) is 0 Å². The molecule has 2 nitrogen and oxygen atoms in total. The number of aliphatic hydroxyl groups excluding tert-OH is 1. The van der Waals surface area contributed by atoms with Crippen molar-refractivity contribution in [3.8, 4) is 0 Å². The largest absolute Gasteiger partial charge is 0.391 e. The number of rotatable bonds is 4. The molecule has 14 heavy (non-hydrogen) atoms. The van der Waals surface area contributed by atoms with E-state index in [9.17, 15) is 5.11 Å². The molecule has 0 heterocycles. The molecule has 1 unspecified atom stereocenters. The summed E-state index contributed by atoms with van der Waals surface area (Å²) in [6.07, 6.45) is 0.406. The van der Waals surface area contributed by atoms with Crippen molar-refractivity contribution in [2.75, 3.05) is 11.9 Å². The molecule has 0 fully saturated rings. The highest BCUT2D eigenvalue weighted by Gasteiger charge is 2.03. The Kier molecular flexibility index (Phi) is 4.72. The Labute approximate surface area is 97.4 Å². The quantitative estimate of drug-likeness (QED) is 0.886. The van der Waals surface area contributed by atoms with E-state index in [0.717, 1.165) is 16.6 Å². The second-order valence-corrected chi connectivity index (χ2v) is 4.39. The van der Waals surface area contributed by atoms with Crippen LogP contribution in [0.1, 0.15) is 13.3 Å². The monoisotopic (exact) mass is 277 g/mol. The van der Waals surface area contributed by atoms with Crippen LogP contribution in [-0.2, 0) is 0 Å². The van der Waals surface area contributed by atoms with E-state index in [2.05, 4.69) is 21.2 Å². The summed E-state index contributed by atoms with van der Waals surface area (Å²) in [6, 6.07) is 5.58. The van der Waals surface area contributed by atoms with Gasteiger partial charge in [0.2, 0.25) is 0 Å². The zero-order valence-electron chi connectivity index (χ0n) is 7.93. The summed E-state index contributed by atoms with van der Waals surface area (Å²) in [5.74, 6) is 0. The number of anilines is 1. The lowest BCUT2D eigenvalue weighted by molar-refractivity contribution is 0.183. The van der Waals surface area contributed by atoms with Crippen molar-refractivity contribution in [1.29, 1.82) is 0 Å². The number of hydrogen-bond acceptors (Lipinski definition) is 2. The zero-order valence-corrected chi connectivity index (χ0v) is 10.3. The van der Waals surface area contributed by atoms with E-state index < -0.39 is 0 Å². The third-order valence-electron chi connectivity index (χ3n) is 1.93. The van der Waals surface area contributed by atoms with Crippen LogP contribution in [0.2, 0.25) is 5.02 Å². The molecule has 4 heteroatoms. The molecule has 0 spiro atoms. The highest BCUT2D eigenvalue weighted by Crippen LogP contribution is 2.25. The first kappa shape index (κ1) is 11.8. The van der Waals surface area contributed by atoms with Gasteiger partial charge in [-0.05, 0) is 24.6 Å². The maximum absolute atomic E-state index is 9.36. The van der Waals surface area contributed by atoms with E-state index in [1.165, 1.54) is 0 Å². The average Bonchev–Trinajstić information content (AvgIpc) is 2.19. The van der Waals surface area contributed by atoms with E-state index >= 15 is 0 Å². The Bertz CT molecular complexity index is 306. The van der Waals surface area contributed by atoms with Gasteiger partial charge in [-0.25, -0.2) is 0 Å². The number of nitrogens with one attached hydrogen (secondary N) is 1. The van der Waals surface area contributed by atoms with Crippen molar-refractivity contribution in [3.05, 3.63) is 27.7 Å². The maximum atomic E-state index is 9.36. The van der Waals surface area contributed by atoms with Gasteiger partial charge in [0, 0.05) is 11.0 Å². The van der Waals surface area contributed by atoms with Crippen LogP contribution < -0.4 is 5.32 Å². The molecule has 0 aliphatic carbocycles. The van der Waals surface area contributed by atoms with Gasteiger partial charge in [-0.1, -0.05) is 34.5 Å². The zero-order chi connectivity index (χ0) is 10.6. The van der Waals surface area contributed by atoms with Crippen molar-refractivity contribution in [3.63, 3.8) is 0 Å². The molecule has 78 valence electrons. The van der Waals surface area contributed by atoms with Crippen molar-refractivity contribution in [2.45, 2.75) is 19.4 Å². The van der Waals surface area contributed by atoms with Gasteiger partial charge in [0.15, 0.2) is 0 Å². The molecule has 0 aromatic heterocycles. The second kappa shape index (κ2) is 5.59. The third kappa shape index (κ3) is 3.48. The highest BCUT2D eigenvalue weighted by atomic mass is 79.9. The Morgan fingerprint density at radius 1 is 1.57 bits per heavy atom. The maximum Gasteiger partial charge on any atom is 0.0709 e. The molecular weight excluding hydrogens is 265 g/mol. The fraction of sp³-hybridized carbons (Fsp3) is 0.400. The van der Waals surface area contributed by atoms with Gasteiger partial charge in [-0.2, -0.15) is 0 Å². The van der Waals surface area contributed by atoms with Crippen molar-refractivity contribution in [1.82, 2.24) is 0 Å². The van der Waals surface area contributed by atoms with Crippen LogP contribution in [0.15, 0.2) is 22.7 Å². The average molecular weight is 279 g/mol. The first-order valence-corrected chi connectivity index (χ1v) is 5.67. The van der Waals surface area contributed by atoms with Crippen LogP contribution in [0.4, 0.5) is 5.69 Å². The minimum absolute atomic E-state index is 0.329. The summed E-state index contributed by atoms with van der Waals surface area (Å²) >= 11 is 9.32. The van der Waals surface area contributed by atoms with Crippen LogP contribution in [0.25, 0.3) is 0 Å². The number of aliphatic hydroxyl groups is 1. The minimum atomic E-state index is -0.329. The number of benzene rings is 1. The molecule has 0 amide bonds. The Morgan fingerprint density at radius 2 is 2.29 bits per heavy atom. The Hall–Kier alpha value is -0.250. The summed E-state index contributed by atoms with van der Waals surface area (Å²) in [7, 11) is 0. The van der Waals surface area contributed by atoms with E-state index in [4.69, 9.17) is 11.6 Å². The fourth-order valence-corrected chi connectivity index (χ4v) is 1.55. The van der Waals surface area contributed by atoms with Gasteiger partial charge in [-0.3, -0.25) is 0 Å². The number of hydrogen-bond donors (Lipinski definition) is 2. The molecule has 0 aliphatic heterocycles. The minimum Gasteiger partial charge on any atom is -0.391 e. The van der Waals surface area contributed by atoms with E-state index in [-0.39, 0.29) is 6.10 Å².